The summed E-state index contributed by atoms with van der Waals surface area (Å²) in [6.45, 7) is 1.07. The molecule has 32 heavy (non-hydrogen) atoms. The number of rotatable bonds is 7. The number of nitrogens with zero attached hydrogens (tertiary/aromatic N) is 3. The van der Waals surface area contributed by atoms with Crippen LogP contribution < -0.4 is 10.2 Å². The predicted molar refractivity (Wildman–Crippen MR) is 129 cm³/mol. The molecular weight excluding hydrogens is 400 g/mol. The number of amides is 2. The maximum absolute atomic E-state index is 13.2. The van der Waals surface area contributed by atoms with Crippen molar-refractivity contribution < 1.29 is 9.63 Å². The van der Waals surface area contributed by atoms with E-state index in [0.717, 1.165) is 35.4 Å². The van der Waals surface area contributed by atoms with Crippen molar-refractivity contribution in [1.82, 2.24) is 10.2 Å². The van der Waals surface area contributed by atoms with Crippen LogP contribution >= 0.6 is 0 Å². The van der Waals surface area contributed by atoms with Gasteiger partial charge in [0.2, 0.25) is 0 Å². The van der Waals surface area contributed by atoms with Crippen LogP contribution in [0.2, 0.25) is 0 Å². The van der Waals surface area contributed by atoms with Crippen LogP contribution in [0.15, 0.2) is 59.8 Å². The number of benzene rings is 2. The first kappa shape index (κ1) is 22.2. The topological polar surface area (TPSA) is 57.2 Å². The summed E-state index contributed by atoms with van der Waals surface area (Å²) in [5.41, 5.74) is 4.27. The molecule has 1 aliphatic carbocycles. The minimum atomic E-state index is -0.139. The molecule has 0 radical (unpaired) electrons. The molecule has 0 saturated heterocycles. The first-order chi connectivity index (χ1) is 15.6. The van der Waals surface area contributed by atoms with Crippen molar-refractivity contribution >= 4 is 17.4 Å². The molecule has 1 heterocycles. The van der Waals surface area contributed by atoms with Gasteiger partial charge in [-0.3, -0.25) is 0 Å². The summed E-state index contributed by atoms with van der Waals surface area (Å²) < 4.78 is 0. The quantitative estimate of drug-likeness (QED) is 0.682. The van der Waals surface area contributed by atoms with Crippen molar-refractivity contribution in [2.45, 2.75) is 57.2 Å². The van der Waals surface area contributed by atoms with E-state index in [-0.39, 0.29) is 18.2 Å². The standard InChI is InChI=1S/C26H34N4O2/c1-29(2)23-15-13-21(14-16-23)25-17-24(32-28-25)19-30(18-20-9-5-3-6-10-20)26(31)27-22-11-7-4-8-12-22/h3,5-6,9-10,13-16,22,24H,4,7-8,11-12,17-19H2,1-2H3,(H,27,31). The van der Waals surface area contributed by atoms with Gasteiger partial charge in [0.1, 0.15) is 0 Å². The molecule has 1 atom stereocenters. The number of oxime groups is 1. The highest BCUT2D eigenvalue weighted by Crippen LogP contribution is 2.22. The van der Waals surface area contributed by atoms with E-state index in [4.69, 9.17) is 4.84 Å². The Bertz CT molecular complexity index is 905. The van der Waals surface area contributed by atoms with E-state index >= 15 is 0 Å². The lowest BCUT2D eigenvalue weighted by Gasteiger charge is -2.29. The molecule has 1 fully saturated rings. The van der Waals surface area contributed by atoms with Gasteiger partial charge in [-0.05, 0) is 36.1 Å². The van der Waals surface area contributed by atoms with E-state index in [9.17, 15) is 4.79 Å². The Balaban J connectivity index is 1.39. The van der Waals surface area contributed by atoms with Gasteiger partial charge < -0.3 is 20.0 Å². The second-order valence-corrected chi connectivity index (χ2v) is 9.06. The van der Waals surface area contributed by atoms with Crippen LogP contribution in [0.5, 0.6) is 0 Å². The number of carbonyl (C=O) groups is 1. The molecule has 170 valence electrons. The van der Waals surface area contributed by atoms with Crippen molar-refractivity contribution in [2.24, 2.45) is 5.16 Å². The normalized spacial score (nSPS) is 18.6. The van der Waals surface area contributed by atoms with E-state index in [1.54, 1.807) is 0 Å². The fourth-order valence-electron chi connectivity index (χ4n) is 4.43. The highest BCUT2D eigenvalue weighted by atomic mass is 16.6. The van der Waals surface area contributed by atoms with Gasteiger partial charge in [-0.1, -0.05) is 66.9 Å². The van der Waals surface area contributed by atoms with E-state index in [1.165, 1.54) is 19.3 Å². The van der Waals surface area contributed by atoms with Crippen molar-refractivity contribution in [3.05, 3.63) is 65.7 Å². The van der Waals surface area contributed by atoms with Gasteiger partial charge in [0.15, 0.2) is 6.10 Å². The van der Waals surface area contributed by atoms with Gasteiger partial charge in [0.05, 0.1) is 12.3 Å². The van der Waals surface area contributed by atoms with Crippen molar-refractivity contribution in [2.75, 3.05) is 25.5 Å². The molecule has 0 aromatic heterocycles. The Morgan fingerprint density at radius 2 is 1.75 bits per heavy atom. The lowest BCUT2D eigenvalue weighted by molar-refractivity contribution is 0.0583. The number of urea groups is 1. The Labute approximate surface area is 191 Å². The van der Waals surface area contributed by atoms with Crippen LogP contribution in [0.1, 0.15) is 49.7 Å². The molecule has 2 amide bonds. The second-order valence-electron chi connectivity index (χ2n) is 9.06. The van der Waals surface area contributed by atoms with E-state index < -0.39 is 0 Å². The molecule has 0 spiro atoms. The molecule has 1 unspecified atom stereocenters. The van der Waals surface area contributed by atoms with Gasteiger partial charge in [0, 0.05) is 38.8 Å². The summed E-state index contributed by atoms with van der Waals surface area (Å²) in [4.78, 5) is 22.9. The van der Waals surface area contributed by atoms with Gasteiger partial charge in [-0.25, -0.2) is 4.79 Å². The smallest absolute Gasteiger partial charge is 0.318 e. The summed E-state index contributed by atoms with van der Waals surface area (Å²) in [7, 11) is 4.06. The molecule has 6 nitrogen and oxygen atoms in total. The molecule has 4 rings (SSSR count). The summed E-state index contributed by atoms with van der Waals surface area (Å²) in [6.07, 6.45) is 6.36. The third-order valence-corrected chi connectivity index (χ3v) is 6.31. The molecule has 2 aromatic carbocycles. The lowest BCUT2D eigenvalue weighted by atomic mass is 9.96. The SMILES string of the molecule is CN(C)c1ccc(C2=NOC(CN(Cc3ccccc3)C(=O)NC3CCCCC3)C2)cc1. The van der Waals surface area contributed by atoms with Crippen LogP contribution in [-0.4, -0.2) is 49.4 Å². The van der Waals surface area contributed by atoms with Crippen LogP contribution in [0.4, 0.5) is 10.5 Å². The van der Waals surface area contributed by atoms with E-state index in [1.807, 2.05) is 37.2 Å². The molecule has 0 bridgehead atoms. The Morgan fingerprint density at radius 1 is 1.03 bits per heavy atom. The number of hydrogen-bond acceptors (Lipinski definition) is 4. The number of carbonyl (C=O) groups excluding carboxylic acids is 1. The Morgan fingerprint density at radius 3 is 2.44 bits per heavy atom. The monoisotopic (exact) mass is 434 g/mol. The molecular formula is C26H34N4O2. The molecule has 2 aromatic rings. The van der Waals surface area contributed by atoms with Crippen LogP contribution in [0.25, 0.3) is 0 Å². The molecule has 2 aliphatic rings. The minimum Gasteiger partial charge on any atom is -0.390 e. The first-order valence-corrected chi connectivity index (χ1v) is 11.7. The largest absolute Gasteiger partial charge is 0.390 e. The number of nitrogens with one attached hydrogen (secondary N) is 1. The first-order valence-electron chi connectivity index (χ1n) is 11.7. The molecule has 1 aliphatic heterocycles. The number of anilines is 1. The maximum atomic E-state index is 13.2. The lowest BCUT2D eigenvalue weighted by Crippen LogP contribution is -2.47. The summed E-state index contributed by atoms with van der Waals surface area (Å²) in [5.74, 6) is 0. The average Bonchev–Trinajstić information content (AvgIpc) is 3.28. The highest BCUT2D eigenvalue weighted by Gasteiger charge is 2.28. The Kier molecular flexibility index (Phi) is 7.30. The van der Waals surface area contributed by atoms with Crippen LogP contribution in [0, 0.1) is 0 Å². The van der Waals surface area contributed by atoms with E-state index in [2.05, 4.69) is 51.8 Å². The zero-order chi connectivity index (χ0) is 22.3. The average molecular weight is 435 g/mol. The molecule has 1 saturated carbocycles. The minimum absolute atomic E-state index is 0.00635. The van der Waals surface area contributed by atoms with Gasteiger partial charge >= 0.3 is 6.03 Å². The summed E-state index contributed by atoms with van der Waals surface area (Å²) in [5, 5.41) is 7.60. The third kappa shape index (κ3) is 5.81. The van der Waals surface area contributed by atoms with Gasteiger partial charge in [0.25, 0.3) is 0 Å². The van der Waals surface area contributed by atoms with E-state index in [0.29, 0.717) is 19.5 Å². The second kappa shape index (κ2) is 10.5. The molecule has 6 heteroatoms. The summed E-state index contributed by atoms with van der Waals surface area (Å²) >= 11 is 0. The zero-order valence-electron chi connectivity index (χ0n) is 19.2. The molecule has 1 N–H and O–H groups in total. The van der Waals surface area contributed by atoms with Crippen LogP contribution in [0.3, 0.4) is 0 Å². The maximum Gasteiger partial charge on any atom is 0.318 e. The van der Waals surface area contributed by atoms with Crippen molar-refractivity contribution in [1.29, 1.82) is 0 Å². The number of hydrogen-bond donors (Lipinski definition) is 1. The third-order valence-electron chi connectivity index (χ3n) is 6.31. The Hall–Kier alpha value is -3.02. The van der Waals surface area contributed by atoms with Gasteiger partial charge in [-0.2, -0.15) is 0 Å². The van der Waals surface area contributed by atoms with Gasteiger partial charge in [-0.15, -0.1) is 0 Å². The zero-order valence-corrected chi connectivity index (χ0v) is 19.2. The fourth-order valence-corrected chi connectivity index (χ4v) is 4.43. The summed E-state index contributed by atoms with van der Waals surface area (Å²) in [6, 6.07) is 18.7. The van der Waals surface area contributed by atoms with Crippen LogP contribution in [-0.2, 0) is 11.4 Å². The predicted octanol–water partition coefficient (Wildman–Crippen LogP) is 4.79. The fraction of sp³-hybridized carbons (Fsp3) is 0.462. The highest BCUT2D eigenvalue weighted by molar-refractivity contribution is 6.01. The van der Waals surface area contributed by atoms with Crippen molar-refractivity contribution in [3.8, 4) is 0 Å². The van der Waals surface area contributed by atoms with Crippen molar-refractivity contribution in [3.63, 3.8) is 0 Å².